The Bertz CT molecular complexity index is 648. The molecular formula is C17H20N2O3. The smallest absolute Gasteiger partial charge is 0.307 e. The highest BCUT2D eigenvalue weighted by Gasteiger charge is 2.26. The van der Waals surface area contributed by atoms with Gasteiger partial charge in [0.15, 0.2) is 5.76 Å². The molecule has 0 saturated carbocycles. The van der Waals surface area contributed by atoms with Crippen LogP contribution in [0.4, 0.5) is 0 Å². The summed E-state index contributed by atoms with van der Waals surface area (Å²) in [6, 6.07) is 10.1. The van der Waals surface area contributed by atoms with E-state index in [1.807, 2.05) is 37.3 Å². The van der Waals surface area contributed by atoms with Gasteiger partial charge in [0, 0.05) is 18.2 Å². The summed E-state index contributed by atoms with van der Waals surface area (Å²) < 4.78 is 5.41. The van der Waals surface area contributed by atoms with Crippen LogP contribution in [-0.2, 0) is 11.3 Å². The second kappa shape index (κ2) is 6.32. The summed E-state index contributed by atoms with van der Waals surface area (Å²) in [6.07, 6.45) is 1.67. The van der Waals surface area contributed by atoms with Crippen LogP contribution in [0.5, 0.6) is 0 Å². The van der Waals surface area contributed by atoms with Crippen LogP contribution in [0.3, 0.4) is 0 Å². The van der Waals surface area contributed by atoms with E-state index in [1.54, 1.807) is 0 Å². The summed E-state index contributed by atoms with van der Waals surface area (Å²) in [5.41, 5.74) is 3.06. The molecule has 1 atom stereocenters. The Hall–Kier alpha value is -2.14. The van der Waals surface area contributed by atoms with Crippen molar-refractivity contribution in [3.8, 4) is 11.3 Å². The quantitative estimate of drug-likeness (QED) is 0.940. The lowest BCUT2D eigenvalue weighted by molar-refractivity contribution is -0.143. The Labute approximate surface area is 129 Å². The zero-order chi connectivity index (χ0) is 15.5. The maximum Gasteiger partial charge on any atom is 0.307 e. The minimum absolute atomic E-state index is 0.270. The number of hydrogen-bond acceptors (Lipinski definition) is 4. The summed E-state index contributed by atoms with van der Waals surface area (Å²) in [5, 5.41) is 13.3. The van der Waals surface area contributed by atoms with Gasteiger partial charge in [-0.2, -0.15) is 0 Å². The van der Waals surface area contributed by atoms with Gasteiger partial charge in [-0.25, -0.2) is 0 Å². The molecule has 1 fully saturated rings. The van der Waals surface area contributed by atoms with Gasteiger partial charge in [-0.05, 0) is 26.3 Å². The predicted octanol–water partition coefficient (Wildman–Crippen LogP) is 2.95. The van der Waals surface area contributed by atoms with Crippen LogP contribution in [0, 0.1) is 12.8 Å². The fraction of sp³-hybridized carbons (Fsp3) is 0.412. The fourth-order valence-electron chi connectivity index (χ4n) is 2.87. The largest absolute Gasteiger partial charge is 0.481 e. The number of carboxylic acids is 1. The van der Waals surface area contributed by atoms with E-state index in [4.69, 9.17) is 9.63 Å². The number of carbonyl (C=O) groups is 1. The van der Waals surface area contributed by atoms with Crippen molar-refractivity contribution < 1.29 is 14.4 Å². The molecule has 1 aromatic heterocycles. The maximum atomic E-state index is 11.1. The summed E-state index contributed by atoms with van der Waals surface area (Å²) in [5.74, 6) is -0.197. The fourth-order valence-corrected chi connectivity index (χ4v) is 2.87. The van der Waals surface area contributed by atoms with Crippen LogP contribution < -0.4 is 0 Å². The molecule has 0 amide bonds. The van der Waals surface area contributed by atoms with Gasteiger partial charge in [0.05, 0.1) is 12.5 Å². The van der Waals surface area contributed by atoms with Crippen molar-refractivity contribution in [2.45, 2.75) is 26.3 Å². The molecule has 0 radical (unpaired) electrons. The number of carboxylic acid groups (broad SMARTS) is 1. The normalized spacial score (nSPS) is 19.2. The Kier molecular flexibility index (Phi) is 4.24. The van der Waals surface area contributed by atoms with Crippen LogP contribution in [0.2, 0.25) is 0 Å². The van der Waals surface area contributed by atoms with Crippen LogP contribution >= 0.6 is 0 Å². The highest BCUT2D eigenvalue weighted by atomic mass is 16.5. The summed E-state index contributed by atoms with van der Waals surface area (Å²) in [4.78, 5) is 13.2. The number of benzene rings is 1. The Morgan fingerprint density at radius 2 is 2.18 bits per heavy atom. The Balaban J connectivity index is 1.66. The summed E-state index contributed by atoms with van der Waals surface area (Å²) >= 11 is 0. The van der Waals surface area contributed by atoms with E-state index < -0.39 is 5.97 Å². The summed E-state index contributed by atoms with van der Waals surface area (Å²) in [7, 11) is 0. The van der Waals surface area contributed by atoms with Crippen LogP contribution in [0.25, 0.3) is 11.3 Å². The second-order valence-corrected chi connectivity index (χ2v) is 5.96. The zero-order valence-electron chi connectivity index (χ0n) is 12.7. The van der Waals surface area contributed by atoms with Gasteiger partial charge in [-0.3, -0.25) is 9.69 Å². The number of hydrogen-bond donors (Lipinski definition) is 1. The SMILES string of the molecule is Cc1ccc(-c2cc(CN3CCC[C@H](C(=O)O)C3)on2)cc1. The van der Waals surface area contributed by atoms with Crippen LogP contribution in [0.1, 0.15) is 24.2 Å². The monoisotopic (exact) mass is 300 g/mol. The Morgan fingerprint density at radius 3 is 2.91 bits per heavy atom. The molecule has 3 rings (SSSR count). The van der Waals surface area contributed by atoms with Crippen LogP contribution in [-0.4, -0.2) is 34.2 Å². The molecule has 1 aliphatic heterocycles. The molecule has 1 aliphatic rings. The van der Waals surface area contributed by atoms with E-state index in [9.17, 15) is 4.79 Å². The molecule has 1 aromatic carbocycles. The molecule has 5 heteroatoms. The van der Waals surface area contributed by atoms with E-state index in [1.165, 1.54) is 5.56 Å². The van der Waals surface area contributed by atoms with Gasteiger partial charge >= 0.3 is 5.97 Å². The van der Waals surface area contributed by atoms with Crippen molar-refractivity contribution in [1.82, 2.24) is 10.1 Å². The van der Waals surface area contributed by atoms with E-state index in [0.29, 0.717) is 13.1 Å². The van der Waals surface area contributed by atoms with Crippen molar-refractivity contribution in [1.29, 1.82) is 0 Å². The standard InChI is InChI=1S/C17H20N2O3/c1-12-4-6-13(7-5-12)16-9-15(22-18-16)11-19-8-2-3-14(10-19)17(20)21/h4-7,9,14H,2-3,8,10-11H2,1H3,(H,20,21)/t14-/m0/s1. The number of piperidine rings is 1. The highest BCUT2D eigenvalue weighted by molar-refractivity contribution is 5.70. The number of likely N-dealkylation sites (tertiary alicyclic amines) is 1. The van der Waals surface area contributed by atoms with Crippen LogP contribution in [0.15, 0.2) is 34.9 Å². The van der Waals surface area contributed by atoms with Crippen molar-refractivity contribution in [2.24, 2.45) is 5.92 Å². The van der Waals surface area contributed by atoms with Gasteiger partial charge in [-0.1, -0.05) is 35.0 Å². The van der Waals surface area contributed by atoms with Crippen molar-refractivity contribution in [2.75, 3.05) is 13.1 Å². The third kappa shape index (κ3) is 3.36. The first-order chi connectivity index (χ1) is 10.6. The Morgan fingerprint density at radius 1 is 1.41 bits per heavy atom. The van der Waals surface area contributed by atoms with Gasteiger partial charge < -0.3 is 9.63 Å². The van der Waals surface area contributed by atoms with Gasteiger partial charge in [0.2, 0.25) is 0 Å². The number of aliphatic carboxylic acids is 1. The molecule has 22 heavy (non-hydrogen) atoms. The van der Waals surface area contributed by atoms with E-state index in [2.05, 4.69) is 10.1 Å². The first kappa shape index (κ1) is 14.8. The molecule has 116 valence electrons. The lowest BCUT2D eigenvalue weighted by Crippen LogP contribution is -2.38. The van der Waals surface area contributed by atoms with Crippen molar-refractivity contribution >= 4 is 5.97 Å². The van der Waals surface area contributed by atoms with E-state index >= 15 is 0 Å². The summed E-state index contributed by atoms with van der Waals surface area (Å²) in [6.45, 7) is 4.15. The zero-order valence-corrected chi connectivity index (χ0v) is 12.7. The molecule has 0 bridgehead atoms. The molecule has 2 aromatic rings. The highest BCUT2D eigenvalue weighted by Crippen LogP contribution is 2.22. The molecule has 5 nitrogen and oxygen atoms in total. The third-order valence-electron chi connectivity index (χ3n) is 4.14. The number of aryl methyl sites for hydroxylation is 1. The second-order valence-electron chi connectivity index (χ2n) is 5.96. The topological polar surface area (TPSA) is 66.6 Å². The van der Waals surface area contributed by atoms with Crippen molar-refractivity contribution in [3.05, 3.63) is 41.7 Å². The van der Waals surface area contributed by atoms with E-state index in [-0.39, 0.29) is 5.92 Å². The lowest BCUT2D eigenvalue weighted by Gasteiger charge is -2.29. The van der Waals surface area contributed by atoms with Gasteiger partial charge in [0.1, 0.15) is 5.69 Å². The molecule has 1 N–H and O–H groups in total. The molecule has 0 spiro atoms. The minimum atomic E-state index is -0.706. The molecule has 0 aliphatic carbocycles. The number of nitrogens with zero attached hydrogens (tertiary/aromatic N) is 2. The number of rotatable bonds is 4. The first-order valence-electron chi connectivity index (χ1n) is 7.59. The van der Waals surface area contributed by atoms with Gasteiger partial charge in [-0.15, -0.1) is 0 Å². The molecule has 2 heterocycles. The number of aromatic nitrogens is 1. The lowest BCUT2D eigenvalue weighted by atomic mass is 9.98. The molecular weight excluding hydrogens is 280 g/mol. The maximum absolute atomic E-state index is 11.1. The predicted molar refractivity (Wildman–Crippen MR) is 82.3 cm³/mol. The average Bonchev–Trinajstić information content (AvgIpc) is 2.96. The first-order valence-corrected chi connectivity index (χ1v) is 7.59. The van der Waals surface area contributed by atoms with Crippen molar-refractivity contribution in [3.63, 3.8) is 0 Å². The minimum Gasteiger partial charge on any atom is -0.481 e. The molecule has 1 saturated heterocycles. The van der Waals surface area contributed by atoms with Gasteiger partial charge in [0.25, 0.3) is 0 Å². The third-order valence-corrected chi connectivity index (χ3v) is 4.14. The average molecular weight is 300 g/mol. The van der Waals surface area contributed by atoms with E-state index in [0.717, 1.165) is 36.4 Å². The molecule has 0 unspecified atom stereocenters.